The zero-order valence-corrected chi connectivity index (χ0v) is 19.1. The Morgan fingerprint density at radius 2 is 2.16 bits per heavy atom. The molecule has 1 fully saturated rings. The fourth-order valence-corrected chi connectivity index (χ4v) is 4.19. The largest absolute Gasteiger partial charge is 0.422 e. The van der Waals surface area contributed by atoms with Crippen molar-refractivity contribution in [1.29, 1.82) is 0 Å². The van der Waals surface area contributed by atoms with Gasteiger partial charge in [0.25, 0.3) is 0 Å². The molecule has 1 aromatic carbocycles. The number of nitrogens with zero attached hydrogens (tertiary/aromatic N) is 1. The van der Waals surface area contributed by atoms with E-state index in [1.807, 2.05) is 44.3 Å². The minimum absolute atomic E-state index is 0.196. The predicted octanol–water partition coefficient (Wildman–Crippen LogP) is 6.12. The van der Waals surface area contributed by atoms with Gasteiger partial charge in [-0.1, -0.05) is 30.7 Å². The van der Waals surface area contributed by atoms with Crippen LogP contribution in [0.3, 0.4) is 0 Å². The number of allylic oxidation sites excluding steroid dienone is 2. The first-order chi connectivity index (χ1) is 14.9. The van der Waals surface area contributed by atoms with Crippen LogP contribution in [0.1, 0.15) is 57.3 Å². The van der Waals surface area contributed by atoms with E-state index in [0.717, 1.165) is 42.3 Å². The third-order valence-electron chi connectivity index (χ3n) is 6.82. The van der Waals surface area contributed by atoms with Crippen molar-refractivity contribution in [2.45, 2.75) is 59.0 Å². The summed E-state index contributed by atoms with van der Waals surface area (Å²) >= 11 is 0. The topological polar surface area (TPSA) is 51.8 Å². The molecular weight excluding hydrogens is 386 g/mol. The number of aryl methyl sites for hydroxylation is 1. The summed E-state index contributed by atoms with van der Waals surface area (Å²) in [6, 6.07) is 7.86. The molecule has 2 heterocycles. The Balaban J connectivity index is 1.79. The monoisotopic (exact) mass is 419 g/mol. The maximum absolute atomic E-state index is 12.8. The van der Waals surface area contributed by atoms with Crippen molar-refractivity contribution in [3.63, 3.8) is 0 Å². The van der Waals surface area contributed by atoms with Crippen LogP contribution < -0.4 is 5.63 Å². The van der Waals surface area contributed by atoms with Crippen molar-refractivity contribution < 1.29 is 9.15 Å². The lowest BCUT2D eigenvalue weighted by molar-refractivity contribution is 0.162. The smallest absolute Gasteiger partial charge is 0.344 e. The Morgan fingerprint density at radius 1 is 1.35 bits per heavy atom. The molecular formula is C27H33NO3. The Bertz CT molecular complexity index is 1100. The van der Waals surface area contributed by atoms with E-state index in [9.17, 15) is 4.79 Å². The molecule has 0 spiro atoms. The Morgan fingerprint density at radius 3 is 2.84 bits per heavy atom. The number of fused-ring (bicyclic) bond motifs is 1. The highest BCUT2D eigenvalue weighted by Crippen LogP contribution is 2.49. The summed E-state index contributed by atoms with van der Waals surface area (Å²) < 4.78 is 11.5. The predicted molar refractivity (Wildman–Crippen MR) is 128 cm³/mol. The van der Waals surface area contributed by atoms with Crippen LogP contribution in [0.4, 0.5) is 0 Å². The molecule has 4 nitrogen and oxygen atoms in total. The van der Waals surface area contributed by atoms with Gasteiger partial charge in [0, 0.05) is 25.1 Å². The van der Waals surface area contributed by atoms with Crippen molar-refractivity contribution in [2.75, 3.05) is 13.7 Å². The number of rotatable bonds is 7. The van der Waals surface area contributed by atoms with Gasteiger partial charge in [0.1, 0.15) is 5.76 Å². The van der Waals surface area contributed by atoms with Crippen molar-refractivity contribution >= 4 is 22.6 Å². The van der Waals surface area contributed by atoms with Crippen molar-refractivity contribution in [3.8, 4) is 0 Å². The lowest BCUT2D eigenvalue weighted by Crippen LogP contribution is -2.15. The van der Waals surface area contributed by atoms with E-state index in [1.54, 1.807) is 7.11 Å². The average Bonchev–Trinajstić information content (AvgIpc) is 3.51. The van der Waals surface area contributed by atoms with Gasteiger partial charge in [-0.25, -0.2) is 4.79 Å². The van der Waals surface area contributed by atoms with Crippen LogP contribution in [0, 0.1) is 18.3 Å². The number of ether oxygens (including phenoxy) is 1. The minimum Gasteiger partial charge on any atom is -0.422 e. The van der Waals surface area contributed by atoms with Gasteiger partial charge in [-0.05, 0) is 86.7 Å². The van der Waals surface area contributed by atoms with E-state index in [1.165, 1.54) is 18.4 Å². The van der Waals surface area contributed by atoms with Crippen molar-refractivity contribution in [2.24, 2.45) is 16.3 Å². The molecule has 2 atom stereocenters. The lowest BCUT2D eigenvalue weighted by atomic mass is 9.88. The summed E-state index contributed by atoms with van der Waals surface area (Å²) in [5.74, 6) is 0.972. The highest BCUT2D eigenvalue weighted by molar-refractivity contribution is 5.84. The second-order valence-corrected chi connectivity index (χ2v) is 9.51. The first-order valence-electron chi connectivity index (χ1n) is 11.4. The standard InChI is InChI=1S/C27H33NO3/c1-18-7-8-21-16-25(31-26(29)24(21)14-18)23(19(2)30-4)15-20(9-10-27(3)11-12-27)22-6-5-13-28-17-22/h7-9,13-16,19,22H,5-6,10-12,17H2,1-4H3. The molecule has 0 saturated heterocycles. The van der Waals surface area contributed by atoms with Crippen LogP contribution in [0.2, 0.25) is 0 Å². The molecule has 1 aliphatic carbocycles. The molecule has 0 N–H and O–H groups in total. The summed E-state index contributed by atoms with van der Waals surface area (Å²) in [6.07, 6.45) is 12.2. The van der Waals surface area contributed by atoms with Crippen LogP contribution >= 0.6 is 0 Å². The summed E-state index contributed by atoms with van der Waals surface area (Å²) in [7, 11) is 1.69. The van der Waals surface area contributed by atoms with E-state index >= 15 is 0 Å². The Labute approximate surface area is 184 Å². The second-order valence-electron chi connectivity index (χ2n) is 9.51. The minimum atomic E-state index is -0.302. The molecule has 0 bridgehead atoms. The van der Waals surface area contributed by atoms with Crippen molar-refractivity contribution in [1.82, 2.24) is 0 Å². The fraction of sp³-hybridized carbons (Fsp3) is 0.481. The van der Waals surface area contributed by atoms with E-state index in [0.29, 0.717) is 22.5 Å². The molecule has 1 saturated carbocycles. The van der Waals surface area contributed by atoms with E-state index < -0.39 is 0 Å². The first kappa shape index (κ1) is 21.8. The molecule has 0 amide bonds. The fourth-order valence-electron chi connectivity index (χ4n) is 4.19. The van der Waals surface area contributed by atoms with Crippen LogP contribution in [0.15, 0.2) is 56.2 Å². The number of benzene rings is 1. The normalized spacial score (nSPS) is 22.0. The van der Waals surface area contributed by atoms with E-state index in [4.69, 9.17) is 9.15 Å². The van der Waals surface area contributed by atoms with Gasteiger partial charge >= 0.3 is 5.63 Å². The number of aliphatic imine (C=N–C) groups is 1. The van der Waals surface area contributed by atoms with Crippen LogP contribution in [-0.4, -0.2) is 26.0 Å². The molecule has 4 rings (SSSR count). The Kier molecular flexibility index (Phi) is 6.29. The average molecular weight is 420 g/mol. The molecule has 4 heteroatoms. The van der Waals surface area contributed by atoms with Gasteiger partial charge in [0.15, 0.2) is 0 Å². The molecule has 2 unspecified atom stereocenters. The highest BCUT2D eigenvalue weighted by atomic mass is 16.5. The first-order valence-corrected chi connectivity index (χ1v) is 11.4. The van der Waals surface area contributed by atoms with Gasteiger partial charge in [0.05, 0.1) is 11.5 Å². The zero-order valence-electron chi connectivity index (χ0n) is 19.1. The molecule has 1 aromatic heterocycles. The molecule has 164 valence electrons. The van der Waals surface area contributed by atoms with Gasteiger partial charge in [0.2, 0.25) is 0 Å². The van der Waals surface area contributed by atoms with Gasteiger partial charge in [-0.15, -0.1) is 0 Å². The third-order valence-corrected chi connectivity index (χ3v) is 6.82. The maximum Gasteiger partial charge on any atom is 0.344 e. The SMILES string of the molecule is COC(C)C(=CC(=CCC1(C)CC1)C1CCC=NC1)c1cc2ccc(C)cc2c(=O)o1. The number of hydrogen-bond donors (Lipinski definition) is 0. The third kappa shape index (κ3) is 5.07. The van der Waals surface area contributed by atoms with Gasteiger partial charge in [-0.2, -0.15) is 0 Å². The van der Waals surface area contributed by atoms with Crippen molar-refractivity contribution in [3.05, 3.63) is 63.7 Å². The number of methoxy groups -OCH3 is 1. The second kappa shape index (κ2) is 8.96. The van der Waals surface area contributed by atoms with Gasteiger partial charge < -0.3 is 9.15 Å². The lowest BCUT2D eigenvalue weighted by Gasteiger charge is -2.22. The molecule has 0 radical (unpaired) electrons. The van der Waals surface area contributed by atoms with Crippen LogP contribution in [0.5, 0.6) is 0 Å². The maximum atomic E-state index is 12.8. The highest BCUT2D eigenvalue weighted by Gasteiger charge is 2.36. The summed E-state index contributed by atoms with van der Waals surface area (Å²) in [5, 5.41) is 1.51. The van der Waals surface area contributed by atoms with Crippen LogP contribution in [-0.2, 0) is 4.74 Å². The number of hydrogen-bond acceptors (Lipinski definition) is 4. The van der Waals surface area contributed by atoms with Gasteiger partial charge in [-0.3, -0.25) is 4.99 Å². The molecule has 1 aliphatic heterocycles. The zero-order chi connectivity index (χ0) is 22.0. The summed E-state index contributed by atoms with van der Waals surface area (Å²) in [6.45, 7) is 7.15. The van der Waals surface area contributed by atoms with E-state index in [2.05, 4.69) is 24.1 Å². The quantitative estimate of drug-likeness (QED) is 0.508. The molecule has 2 aliphatic rings. The summed E-state index contributed by atoms with van der Waals surface area (Å²) in [4.78, 5) is 17.3. The van der Waals surface area contributed by atoms with Crippen LogP contribution in [0.25, 0.3) is 16.3 Å². The molecule has 2 aromatic rings. The Hall–Kier alpha value is -2.46. The van der Waals surface area contributed by atoms with E-state index in [-0.39, 0.29) is 11.7 Å². The molecule has 31 heavy (non-hydrogen) atoms. The summed E-state index contributed by atoms with van der Waals surface area (Å²) in [5.41, 5.74) is 3.38.